The van der Waals surface area contributed by atoms with Crippen LogP contribution in [-0.2, 0) is 14.3 Å². The van der Waals surface area contributed by atoms with E-state index in [2.05, 4.69) is 26.5 Å². The predicted molar refractivity (Wildman–Crippen MR) is 120 cm³/mol. The van der Waals surface area contributed by atoms with Gasteiger partial charge in [0, 0.05) is 18.1 Å². The van der Waals surface area contributed by atoms with Crippen LogP contribution in [-0.4, -0.2) is 62.4 Å². The highest BCUT2D eigenvalue weighted by molar-refractivity contribution is 9.10. The molecule has 0 radical (unpaired) electrons. The van der Waals surface area contributed by atoms with Gasteiger partial charge in [-0.1, -0.05) is 17.7 Å². The molecule has 0 bridgehead atoms. The Kier molecular flexibility index (Phi) is 8.69. The number of rotatable bonds is 8. The van der Waals surface area contributed by atoms with E-state index in [4.69, 9.17) is 25.8 Å². The van der Waals surface area contributed by atoms with E-state index in [1.165, 1.54) is 6.21 Å². The van der Waals surface area contributed by atoms with Crippen LogP contribution in [0.15, 0.2) is 52.0 Å². The van der Waals surface area contributed by atoms with Gasteiger partial charge in [0.05, 0.1) is 23.9 Å². The summed E-state index contributed by atoms with van der Waals surface area (Å²) in [7, 11) is 0. The Morgan fingerprint density at radius 3 is 2.71 bits per heavy atom. The maximum absolute atomic E-state index is 12.2. The molecular weight excluding hydrogens is 490 g/mol. The van der Waals surface area contributed by atoms with Crippen LogP contribution in [0.25, 0.3) is 0 Å². The molecule has 0 aromatic heterocycles. The van der Waals surface area contributed by atoms with Crippen LogP contribution in [0.4, 0.5) is 0 Å². The van der Waals surface area contributed by atoms with Crippen molar-refractivity contribution in [2.24, 2.45) is 5.10 Å². The Morgan fingerprint density at radius 2 is 1.97 bits per heavy atom. The Balaban J connectivity index is 1.44. The van der Waals surface area contributed by atoms with Crippen LogP contribution in [0.5, 0.6) is 11.5 Å². The smallest absolute Gasteiger partial charge is 0.277 e. The number of nitrogens with one attached hydrogen (secondary N) is 1. The number of nitrogens with zero attached hydrogens (tertiary/aromatic N) is 2. The Morgan fingerprint density at radius 1 is 1.16 bits per heavy atom. The molecule has 0 atom stereocenters. The zero-order chi connectivity index (χ0) is 22.1. The summed E-state index contributed by atoms with van der Waals surface area (Å²) in [5, 5.41) is 4.44. The number of hydrazone groups is 1. The van der Waals surface area contributed by atoms with E-state index in [9.17, 15) is 9.59 Å². The van der Waals surface area contributed by atoms with Gasteiger partial charge in [0.25, 0.3) is 11.8 Å². The lowest BCUT2D eigenvalue weighted by Crippen LogP contribution is -2.43. The Bertz CT molecular complexity index is 950. The number of carbonyl (C=O) groups excluding carboxylic acids is 2. The predicted octanol–water partition coefficient (Wildman–Crippen LogP) is 2.87. The van der Waals surface area contributed by atoms with Crippen molar-refractivity contribution in [2.75, 3.05) is 39.5 Å². The second-order valence-corrected chi connectivity index (χ2v) is 7.80. The van der Waals surface area contributed by atoms with Gasteiger partial charge in [0.1, 0.15) is 11.5 Å². The molecule has 1 N–H and O–H groups in total. The molecule has 0 aliphatic carbocycles. The molecule has 1 heterocycles. The second kappa shape index (κ2) is 11.7. The number of hydrogen-bond donors (Lipinski definition) is 1. The molecular formula is C21H21BrClN3O5. The minimum atomic E-state index is -0.406. The lowest BCUT2D eigenvalue weighted by molar-refractivity contribution is -0.137. The van der Waals surface area contributed by atoms with Crippen molar-refractivity contribution in [3.63, 3.8) is 0 Å². The quantitative estimate of drug-likeness (QED) is 0.436. The average Bonchev–Trinajstić information content (AvgIpc) is 2.77. The van der Waals surface area contributed by atoms with Crippen LogP contribution >= 0.6 is 27.5 Å². The molecule has 10 heteroatoms. The van der Waals surface area contributed by atoms with Crippen molar-refractivity contribution in [2.45, 2.75) is 0 Å². The standard InChI is InChI=1S/C21H21BrClN3O5/c22-18-10-15(4-5-19(18)31-14-21(28)26-6-8-29-9-7-26)12-24-25-20(27)13-30-17-3-1-2-16(23)11-17/h1-5,10-12H,6-9,13-14H2,(H,25,27)/b24-12+. The monoisotopic (exact) mass is 509 g/mol. The topological polar surface area (TPSA) is 89.5 Å². The fourth-order valence-electron chi connectivity index (χ4n) is 2.67. The zero-order valence-corrected chi connectivity index (χ0v) is 18.9. The Labute approximate surface area is 193 Å². The first kappa shape index (κ1) is 23.1. The molecule has 1 fully saturated rings. The molecule has 3 rings (SSSR count). The van der Waals surface area contributed by atoms with E-state index in [1.54, 1.807) is 47.4 Å². The minimum absolute atomic E-state index is 0.0469. The normalized spacial score (nSPS) is 13.8. The van der Waals surface area contributed by atoms with E-state index >= 15 is 0 Å². The molecule has 1 aliphatic rings. The van der Waals surface area contributed by atoms with Crippen molar-refractivity contribution in [3.05, 3.63) is 57.5 Å². The number of ether oxygens (including phenoxy) is 3. The summed E-state index contributed by atoms with van der Waals surface area (Å²) in [5.41, 5.74) is 3.12. The van der Waals surface area contributed by atoms with Gasteiger partial charge in [-0.25, -0.2) is 5.43 Å². The summed E-state index contributed by atoms with van der Waals surface area (Å²) in [4.78, 5) is 25.7. The van der Waals surface area contributed by atoms with E-state index in [-0.39, 0.29) is 19.1 Å². The van der Waals surface area contributed by atoms with Crippen molar-refractivity contribution >= 4 is 45.6 Å². The fraction of sp³-hybridized carbons (Fsp3) is 0.286. The van der Waals surface area contributed by atoms with Gasteiger partial charge in [0.15, 0.2) is 13.2 Å². The SMILES string of the molecule is O=C(COc1cccc(Cl)c1)N/N=C/c1ccc(OCC(=O)N2CCOCC2)c(Br)c1. The average molecular weight is 511 g/mol. The largest absolute Gasteiger partial charge is 0.484 e. The third-order valence-electron chi connectivity index (χ3n) is 4.24. The molecule has 0 spiro atoms. The number of morpholine rings is 1. The molecule has 31 heavy (non-hydrogen) atoms. The van der Waals surface area contributed by atoms with Gasteiger partial charge in [-0.2, -0.15) is 5.10 Å². The number of hydrogen-bond acceptors (Lipinski definition) is 6. The maximum atomic E-state index is 12.2. The first-order chi connectivity index (χ1) is 15.0. The zero-order valence-electron chi connectivity index (χ0n) is 16.6. The molecule has 0 unspecified atom stereocenters. The van der Waals surface area contributed by atoms with Gasteiger partial charge in [-0.15, -0.1) is 0 Å². The van der Waals surface area contributed by atoms with Crippen molar-refractivity contribution in [3.8, 4) is 11.5 Å². The lowest BCUT2D eigenvalue weighted by atomic mass is 10.2. The molecule has 1 saturated heterocycles. The molecule has 2 amide bonds. The molecule has 2 aromatic rings. The van der Waals surface area contributed by atoms with Gasteiger partial charge < -0.3 is 19.1 Å². The van der Waals surface area contributed by atoms with Crippen molar-refractivity contribution in [1.82, 2.24) is 10.3 Å². The van der Waals surface area contributed by atoms with Crippen molar-refractivity contribution in [1.29, 1.82) is 0 Å². The summed E-state index contributed by atoms with van der Waals surface area (Å²) >= 11 is 9.29. The van der Waals surface area contributed by atoms with Gasteiger partial charge in [0.2, 0.25) is 0 Å². The van der Waals surface area contributed by atoms with E-state index in [0.29, 0.717) is 47.3 Å². The first-order valence-corrected chi connectivity index (χ1v) is 10.7. The van der Waals surface area contributed by atoms with Crippen LogP contribution in [0.2, 0.25) is 5.02 Å². The number of carbonyl (C=O) groups is 2. The van der Waals surface area contributed by atoms with E-state index in [1.807, 2.05) is 0 Å². The van der Waals surface area contributed by atoms with E-state index in [0.717, 1.165) is 5.56 Å². The molecule has 2 aromatic carbocycles. The number of amides is 2. The molecule has 1 aliphatic heterocycles. The number of benzene rings is 2. The van der Waals surface area contributed by atoms with Crippen LogP contribution in [0.3, 0.4) is 0 Å². The van der Waals surface area contributed by atoms with Gasteiger partial charge >= 0.3 is 0 Å². The third kappa shape index (κ3) is 7.54. The molecule has 0 saturated carbocycles. The third-order valence-corrected chi connectivity index (χ3v) is 5.09. The summed E-state index contributed by atoms with van der Waals surface area (Å²) < 4.78 is 16.9. The highest BCUT2D eigenvalue weighted by Crippen LogP contribution is 2.25. The van der Waals surface area contributed by atoms with E-state index < -0.39 is 5.91 Å². The fourth-order valence-corrected chi connectivity index (χ4v) is 3.37. The highest BCUT2D eigenvalue weighted by Gasteiger charge is 2.17. The molecule has 164 valence electrons. The minimum Gasteiger partial charge on any atom is -0.484 e. The molecule has 8 nitrogen and oxygen atoms in total. The summed E-state index contributed by atoms with van der Waals surface area (Å²) in [6.45, 7) is 2.02. The van der Waals surface area contributed by atoms with Crippen LogP contribution in [0, 0.1) is 0 Å². The summed E-state index contributed by atoms with van der Waals surface area (Å²) in [6, 6.07) is 12.0. The summed E-state index contributed by atoms with van der Waals surface area (Å²) in [5.74, 6) is 0.552. The summed E-state index contributed by atoms with van der Waals surface area (Å²) in [6.07, 6.45) is 1.49. The number of halogens is 2. The second-order valence-electron chi connectivity index (χ2n) is 6.51. The Hall–Kier alpha value is -2.62. The first-order valence-electron chi connectivity index (χ1n) is 9.49. The van der Waals surface area contributed by atoms with Gasteiger partial charge in [-0.05, 0) is 57.9 Å². The maximum Gasteiger partial charge on any atom is 0.277 e. The van der Waals surface area contributed by atoms with Crippen LogP contribution in [0.1, 0.15) is 5.56 Å². The van der Waals surface area contributed by atoms with Crippen molar-refractivity contribution < 1.29 is 23.8 Å². The lowest BCUT2D eigenvalue weighted by Gasteiger charge is -2.26. The van der Waals surface area contributed by atoms with Gasteiger partial charge in [-0.3, -0.25) is 9.59 Å². The van der Waals surface area contributed by atoms with Crippen LogP contribution < -0.4 is 14.9 Å². The highest BCUT2D eigenvalue weighted by atomic mass is 79.9.